The molecule has 0 radical (unpaired) electrons. The van der Waals surface area contributed by atoms with Gasteiger partial charge in [-0.05, 0) is 42.9 Å². The summed E-state index contributed by atoms with van der Waals surface area (Å²) < 4.78 is 5.93. The van der Waals surface area contributed by atoms with Crippen LogP contribution in [0, 0.1) is 5.92 Å². The minimum absolute atomic E-state index is 0.122. The van der Waals surface area contributed by atoms with Crippen LogP contribution < -0.4 is 11.3 Å². The van der Waals surface area contributed by atoms with Crippen molar-refractivity contribution in [2.24, 2.45) is 11.8 Å². The summed E-state index contributed by atoms with van der Waals surface area (Å²) in [5.74, 6) is 6.52. The molecular weight excluding hydrogens is 272 g/mol. The summed E-state index contributed by atoms with van der Waals surface area (Å²) in [6, 6.07) is 8.09. The number of halogens is 1. The molecule has 0 saturated heterocycles. The first-order valence-corrected chi connectivity index (χ1v) is 7.73. The Morgan fingerprint density at radius 2 is 2.15 bits per heavy atom. The molecule has 20 heavy (non-hydrogen) atoms. The van der Waals surface area contributed by atoms with Crippen LogP contribution in [0.2, 0.25) is 5.02 Å². The molecule has 1 aliphatic carbocycles. The zero-order valence-corrected chi connectivity index (χ0v) is 13.1. The average molecular weight is 297 g/mol. The zero-order chi connectivity index (χ0) is 14.6. The topological polar surface area (TPSA) is 47.3 Å². The van der Waals surface area contributed by atoms with E-state index in [0.717, 1.165) is 24.3 Å². The van der Waals surface area contributed by atoms with Gasteiger partial charge in [0.05, 0.1) is 11.6 Å². The molecule has 0 aliphatic heterocycles. The predicted molar refractivity (Wildman–Crippen MR) is 83.6 cm³/mol. The molecule has 3 nitrogen and oxygen atoms in total. The molecule has 1 aliphatic rings. The van der Waals surface area contributed by atoms with Crippen molar-refractivity contribution in [1.82, 2.24) is 5.43 Å². The Labute approximate surface area is 126 Å². The molecule has 3 N–H and O–H groups in total. The Bertz CT molecular complexity index is 423. The highest BCUT2D eigenvalue weighted by Crippen LogP contribution is 2.38. The third-order valence-electron chi connectivity index (χ3n) is 4.59. The number of benzene rings is 1. The minimum atomic E-state index is -0.161. The quantitative estimate of drug-likeness (QED) is 0.647. The van der Waals surface area contributed by atoms with Gasteiger partial charge in [-0.15, -0.1) is 0 Å². The smallest absolute Gasteiger partial charge is 0.0850 e. The Kier molecular flexibility index (Phi) is 5.44. The maximum absolute atomic E-state index is 5.94. The van der Waals surface area contributed by atoms with Gasteiger partial charge in [-0.3, -0.25) is 11.3 Å². The minimum Gasteiger partial charge on any atom is -0.377 e. The summed E-state index contributed by atoms with van der Waals surface area (Å²) in [5, 5.41) is 0.763. The Hall–Kier alpha value is -0.610. The highest BCUT2D eigenvalue weighted by molar-refractivity contribution is 6.30. The molecule has 0 amide bonds. The van der Waals surface area contributed by atoms with Crippen molar-refractivity contribution in [2.75, 3.05) is 7.11 Å². The van der Waals surface area contributed by atoms with Crippen LogP contribution >= 0.6 is 11.6 Å². The number of ether oxygens (including phenoxy) is 1. The summed E-state index contributed by atoms with van der Waals surface area (Å²) in [5.41, 5.74) is 4.06. The molecule has 1 fully saturated rings. The van der Waals surface area contributed by atoms with Crippen LogP contribution in [0.4, 0.5) is 0 Å². The first-order valence-electron chi connectivity index (χ1n) is 7.35. The van der Waals surface area contributed by atoms with Gasteiger partial charge in [0, 0.05) is 12.1 Å². The van der Waals surface area contributed by atoms with Crippen LogP contribution in [0.5, 0.6) is 0 Å². The van der Waals surface area contributed by atoms with E-state index in [0.29, 0.717) is 5.92 Å². The average Bonchev–Trinajstić information content (AvgIpc) is 2.46. The number of nitrogens with two attached hydrogens (primary N) is 1. The van der Waals surface area contributed by atoms with Crippen LogP contribution in [0.3, 0.4) is 0 Å². The Morgan fingerprint density at radius 3 is 2.70 bits per heavy atom. The molecule has 0 spiro atoms. The summed E-state index contributed by atoms with van der Waals surface area (Å²) in [6.45, 7) is 2.29. The van der Waals surface area contributed by atoms with E-state index in [1.54, 1.807) is 0 Å². The Morgan fingerprint density at radius 1 is 1.45 bits per heavy atom. The lowest BCUT2D eigenvalue weighted by atomic mass is 9.73. The van der Waals surface area contributed by atoms with Crippen molar-refractivity contribution < 1.29 is 4.74 Å². The zero-order valence-electron chi connectivity index (χ0n) is 12.4. The van der Waals surface area contributed by atoms with Crippen molar-refractivity contribution in [3.05, 3.63) is 34.9 Å². The van der Waals surface area contributed by atoms with E-state index in [1.807, 2.05) is 19.2 Å². The molecule has 4 heteroatoms. The molecule has 0 aromatic heterocycles. The van der Waals surface area contributed by atoms with Crippen molar-refractivity contribution in [2.45, 2.75) is 50.7 Å². The first-order chi connectivity index (χ1) is 9.59. The van der Waals surface area contributed by atoms with E-state index in [9.17, 15) is 0 Å². The van der Waals surface area contributed by atoms with Gasteiger partial charge < -0.3 is 4.74 Å². The van der Waals surface area contributed by atoms with E-state index in [1.165, 1.54) is 18.4 Å². The van der Waals surface area contributed by atoms with Gasteiger partial charge in [0.25, 0.3) is 0 Å². The second-order valence-corrected chi connectivity index (χ2v) is 6.46. The summed E-state index contributed by atoms with van der Waals surface area (Å²) in [4.78, 5) is 0. The van der Waals surface area contributed by atoms with Crippen molar-refractivity contribution in [1.29, 1.82) is 0 Å². The largest absolute Gasteiger partial charge is 0.377 e. The van der Waals surface area contributed by atoms with Crippen LogP contribution in [0.25, 0.3) is 0 Å². The molecule has 2 rings (SSSR count). The normalized spacial score (nSPS) is 28.3. The van der Waals surface area contributed by atoms with Gasteiger partial charge >= 0.3 is 0 Å². The standard InChI is InChI=1S/C16H25ClN2O/c1-12-4-3-9-16(11-12,20-2)15(19-18)10-13-5-7-14(17)8-6-13/h5-8,12,15,19H,3-4,9-11,18H2,1-2H3. The second-order valence-electron chi connectivity index (χ2n) is 6.02. The van der Waals surface area contributed by atoms with Crippen molar-refractivity contribution in [3.63, 3.8) is 0 Å². The monoisotopic (exact) mass is 296 g/mol. The van der Waals surface area contributed by atoms with E-state index < -0.39 is 0 Å². The Balaban J connectivity index is 2.14. The van der Waals surface area contributed by atoms with Gasteiger partial charge in [0.1, 0.15) is 0 Å². The third kappa shape index (κ3) is 3.53. The molecule has 0 heterocycles. The van der Waals surface area contributed by atoms with Gasteiger partial charge in [-0.2, -0.15) is 0 Å². The highest BCUT2D eigenvalue weighted by Gasteiger charge is 2.41. The fourth-order valence-electron chi connectivity index (χ4n) is 3.44. The highest BCUT2D eigenvalue weighted by atomic mass is 35.5. The SMILES string of the molecule is COC1(C(Cc2ccc(Cl)cc2)NN)CCCC(C)C1. The molecule has 3 atom stereocenters. The first kappa shape index (κ1) is 15.8. The van der Waals surface area contributed by atoms with E-state index in [-0.39, 0.29) is 11.6 Å². The fraction of sp³-hybridized carbons (Fsp3) is 0.625. The number of hydrazine groups is 1. The van der Waals surface area contributed by atoms with E-state index in [2.05, 4.69) is 24.5 Å². The lowest BCUT2D eigenvalue weighted by Crippen LogP contribution is -2.57. The number of hydrogen-bond acceptors (Lipinski definition) is 3. The van der Waals surface area contributed by atoms with Gasteiger partial charge in [-0.1, -0.05) is 43.5 Å². The maximum Gasteiger partial charge on any atom is 0.0850 e. The van der Waals surface area contributed by atoms with E-state index >= 15 is 0 Å². The predicted octanol–water partition coefficient (Wildman–Crippen LogP) is 3.31. The van der Waals surface area contributed by atoms with Gasteiger partial charge in [0.2, 0.25) is 0 Å². The number of nitrogens with one attached hydrogen (secondary N) is 1. The van der Waals surface area contributed by atoms with Crippen molar-refractivity contribution >= 4 is 11.6 Å². The van der Waals surface area contributed by atoms with Crippen molar-refractivity contribution in [3.8, 4) is 0 Å². The molecule has 1 aromatic carbocycles. The van der Waals surface area contributed by atoms with Crippen LogP contribution in [-0.2, 0) is 11.2 Å². The molecule has 112 valence electrons. The molecular formula is C16H25ClN2O. The number of methoxy groups -OCH3 is 1. The van der Waals surface area contributed by atoms with Crippen LogP contribution in [0.1, 0.15) is 38.2 Å². The maximum atomic E-state index is 5.94. The number of rotatable bonds is 5. The summed E-state index contributed by atoms with van der Waals surface area (Å²) in [6.07, 6.45) is 5.47. The lowest BCUT2D eigenvalue weighted by Gasteiger charge is -2.44. The van der Waals surface area contributed by atoms with Gasteiger partial charge in [0.15, 0.2) is 0 Å². The number of hydrogen-bond donors (Lipinski definition) is 2. The van der Waals surface area contributed by atoms with Crippen LogP contribution in [0.15, 0.2) is 24.3 Å². The third-order valence-corrected chi connectivity index (χ3v) is 4.84. The molecule has 3 unspecified atom stereocenters. The van der Waals surface area contributed by atoms with Gasteiger partial charge in [-0.25, -0.2) is 0 Å². The molecule has 1 saturated carbocycles. The fourth-order valence-corrected chi connectivity index (χ4v) is 3.57. The molecule has 1 aromatic rings. The summed E-state index contributed by atoms with van der Waals surface area (Å²) in [7, 11) is 1.81. The summed E-state index contributed by atoms with van der Waals surface area (Å²) >= 11 is 5.94. The molecule has 0 bridgehead atoms. The van der Waals surface area contributed by atoms with E-state index in [4.69, 9.17) is 22.2 Å². The lowest BCUT2D eigenvalue weighted by molar-refractivity contribution is -0.0791. The second kappa shape index (κ2) is 6.90. The van der Waals surface area contributed by atoms with Crippen LogP contribution in [-0.4, -0.2) is 18.8 Å².